The summed E-state index contributed by atoms with van der Waals surface area (Å²) in [7, 11) is 2.13. The number of nitrogens with zero attached hydrogens (tertiary/aromatic N) is 2. The van der Waals surface area contributed by atoms with Crippen LogP contribution >= 0.6 is 0 Å². The molecular weight excluding hydrogens is 176 g/mol. The first kappa shape index (κ1) is 11.5. The largest absolute Gasteiger partial charge is 0.342 e. The molecule has 0 radical (unpaired) electrons. The Bertz CT molecular complexity index is 194. The molecule has 1 fully saturated rings. The van der Waals surface area contributed by atoms with Gasteiger partial charge >= 0.3 is 0 Å². The Kier molecular flexibility index (Phi) is 4.39. The van der Waals surface area contributed by atoms with Gasteiger partial charge in [-0.15, -0.1) is 0 Å². The summed E-state index contributed by atoms with van der Waals surface area (Å²) < 4.78 is 0. The molecule has 14 heavy (non-hydrogen) atoms. The number of carbonyl (C=O) groups is 1. The van der Waals surface area contributed by atoms with Crippen LogP contribution in [0, 0.1) is 5.92 Å². The molecule has 1 atom stereocenters. The standard InChI is InChI=1S/C11H22N2O/c1-4-12(3)8-10(2)9-13-7-5-6-11(13)14/h10H,4-9H2,1-3H3. The average Bonchev–Trinajstić information content (AvgIpc) is 2.51. The summed E-state index contributed by atoms with van der Waals surface area (Å²) in [5, 5.41) is 0. The van der Waals surface area contributed by atoms with Crippen molar-refractivity contribution in [3.8, 4) is 0 Å². The van der Waals surface area contributed by atoms with E-state index in [0.717, 1.165) is 39.0 Å². The summed E-state index contributed by atoms with van der Waals surface area (Å²) in [6.07, 6.45) is 1.81. The Morgan fingerprint density at radius 3 is 2.79 bits per heavy atom. The van der Waals surface area contributed by atoms with E-state index < -0.39 is 0 Å². The quantitative estimate of drug-likeness (QED) is 0.662. The van der Waals surface area contributed by atoms with Gasteiger partial charge in [0.15, 0.2) is 0 Å². The second-order valence-corrected chi connectivity index (χ2v) is 4.40. The van der Waals surface area contributed by atoms with Crippen molar-refractivity contribution in [3.63, 3.8) is 0 Å². The summed E-state index contributed by atoms with van der Waals surface area (Å²) in [5.74, 6) is 0.929. The first-order valence-corrected chi connectivity index (χ1v) is 5.59. The highest BCUT2D eigenvalue weighted by molar-refractivity contribution is 5.78. The maximum atomic E-state index is 11.4. The van der Waals surface area contributed by atoms with Crippen molar-refractivity contribution in [2.45, 2.75) is 26.7 Å². The van der Waals surface area contributed by atoms with E-state index in [9.17, 15) is 4.79 Å². The summed E-state index contributed by atoms with van der Waals surface area (Å²) in [4.78, 5) is 15.7. The molecule has 0 aliphatic carbocycles. The lowest BCUT2D eigenvalue weighted by atomic mass is 10.1. The lowest BCUT2D eigenvalue weighted by Crippen LogP contribution is -2.34. The van der Waals surface area contributed by atoms with E-state index in [0.29, 0.717) is 11.8 Å². The maximum absolute atomic E-state index is 11.4. The monoisotopic (exact) mass is 198 g/mol. The maximum Gasteiger partial charge on any atom is 0.222 e. The molecule has 0 saturated carbocycles. The predicted molar refractivity (Wildman–Crippen MR) is 58.1 cm³/mol. The Labute approximate surface area is 87.1 Å². The Morgan fingerprint density at radius 2 is 2.29 bits per heavy atom. The van der Waals surface area contributed by atoms with Crippen molar-refractivity contribution in [3.05, 3.63) is 0 Å². The van der Waals surface area contributed by atoms with Gasteiger partial charge in [-0.05, 0) is 25.9 Å². The van der Waals surface area contributed by atoms with Crippen LogP contribution in [0.25, 0.3) is 0 Å². The van der Waals surface area contributed by atoms with Gasteiger partial charge in [-0.3, -0.25) is 4.79 Å². The number of likely N-dealkylation sites (tertiary alicyclic amines) is 1. The van der Waals surface area contributed by atoms with Crippen molar-refractivity contribution in [2.75, 3.05) is 33.2 Å². The van der Waals surface area contributed by atoms with Crippen molar-refractivity contribution in [2.24, 2.45) is 5.92 Å². The van der Waals surface area contributed by atoms with Gasteiger partial charge in [0.1, 0.15) is 0 Å². The number of amides is 1. The van der Waals surface area contributed by atoms with Crippen LogP contribution in [0.3, 0.4) is 0 Å². The van der Waals surface area contributed by atoms with Crippen LogP contribution in [0.5, 0.6) is 0 Å². The van der Waals surface area contributed by atoms with Gasteiger partial charge in [0.05, 0.1) is 0 Å². The molecule has 3 nitrogen and oxygen atoms in total. The molecule has 1 rings (SSSR count). The minimum Gasteiger partial charge on any atom is -0.342 e. The zero-order valence-corrected chi connectivity index (χ0v) is 9.62. The SMILES string of the molecule is CCN(C)CC(C)CN1CCCC1=O. The minimum absolute atomic E-state index is 0.344. The van der Waals surface area contributed by atoms with Gasteiger partial charge in [-0.1, -0.05) is 13.8 Å². The number of rotatable bonds is 5. The lowest BCUT2D eigenvalue weighted by Gasteiger charge is -2.24. The number of hydrogen-bond acceptors (Lipinski definition) is 2. The minimum atomic E-state index is 0.344. The van der Waals surface area contributed by atoms with Gasteiger partial charge in [-0.25, -0.2) is 0 Å². The summed E-state index contributed by atoms with van der Waals surface area (Å²) in [6.45, 7) is 8.45. The van der Waals surface area contributed by atoms with E-state index in [4.69, 9.17) is 0 Å². The van der Waals surface area contributed by atoms with Crippen LogP contribution in [-0.2, 0) is 4.79 Å². The predicted octanol–water partition coefficient (Wildman–Crippen LogP) is 1.20. The van der Waals surface area contributed by atoms with Crippen LogP contribution in [0.1, 0.15) is 26.7 Å². The van der Waals surface area contributed by atoms with E-state index in [1.165, 1.54) is 0 Å². The lowest BCUT2D eigenvalue weighted by molar-refractivity contribution is -0.128. The molecule has 0 aromatic rings. The molecule has 0 aromatic heterocycles. The van der Waals surface area contributed by atoms with Crippen LogP contribution in [0.4, 0.5) is 0 Å². The van der Waals surface area contributed by atoms with Gasteiger partial charge in [-0.2, -0.15) is 0 Å². The van der Waals surface area contributed by atoms with Gasteiger partial charge in [0.2, 0.25) is 5.91 Å². The van der Waals surface area contributed by atoms with Crippen LogP contribution in [0.15, 0.2) is 0 Å². The van der Waals surface area contributed by atoms with Crippen molar-refractivity contribution < 1.29 is 4.79 Å². The second-order valence-electron chi connectivity index (χ2n) is 4.40. The van der Waals surface area contributed by atoms with E-state index in [-0.39, 0.29) is 0 Å². The Hall–Kier alpha value is -0.570. The van der Waals surface area contributed by atoms with E-state index in [1.54, 1.807) is 0 Å². The zero-order chi connectivity index (χ0) is 10.6. The highest BCUT2D eigenvalue weighted by Gasteiger charge is 2.21. The topological polar surface area (TPSA) is 23.6 Å². The second kappa shape index (κ2) is 5.35. The zero-order valence-electron chi connectivity index (χ0n) is 9.62. The van der Waals surface area contributed by atoms with E-state index in [2.05, 4.69) is 25.8 Å². The molecule has 1 saturated heterocycles. The first-order valence-electron chi connectivity index (χ1n) is 5.59. The van der Waals surface area contributed by atoms with E-state index in [1.807, 2.05) is 4.90 Å². The molecule has 1 unspecified atom stereocenters. The molecule has 3 heteroatoms. The first-order chi connectivity index (χ1) is 6.63. The molecule has 82 valence electrons. The van der Waals surface area contributed by atoms with Gasteiger partial charge in [0.25, 0.3) is 0 Å². The molecule has 1 aliphatic heterocycles. The summed E-state index contributed by atoms with van der Waals surface area (Å²) >= 11 is 0. The molecule has 0 spiro atoms. The number of carbonyl (C=O) groups excluding carboxylic acids is 1. The van der Waals surface area contributed by atoms with Gasteiger partial charge < -0.3 is 9.80 Å². The molecule has 1 aliphatic rings. The third-order valence-corrected chi connectivity index (χ3v) is 2.87. The molecule has 1 amide bonds. The molecular formula is C11H22N2O. The van der Waals surface area contributed by atoms with Crippen LogP contribution in [0.2, 0.25) is 0 Å². The van der Waals surface area contributed by atoms with Crippen molar-refractivity contribution in [1.29, 1.82) is 0 Å². The van der Waals surface area contributed by atoms with Crippen LogP contribution < -0.4 is 0 Å². The highest BCUT2D eigenvalue weighted by atomic mass is 16.2. The van der Waals surface area contributed by atoms with Crippen LogP contribution in [-0.4, -0.2) is 48.9 Å². The Morgan fingerprint density at radius 1 is 1.57 bits per heavy atom. The fourth-order valence-corrected chi connectivity index (χ4v) is 1.99. The fourth-order valence-electron chi connectivity index (χ4n) is 1.99. The Balaban J connectivity index is 2.25. The van der Waals surface area contributed by atoms with Crippen molar-refractivity contribution in [1.82, 2.24) is 9.80 Å². The summed E-state index contributed by atoms with van der Waals surface area (Å²) in [6, 6.07) is 0. The molecule has 1 heterocycles. The average molecular weight is 198 g/mol. The molecule has 0 N–H and O–H groups in total. The van der Waals surface area contributed by atoms with E-state index >= 15 is 0 Å². The molecule has 0 bridgehead atoms. The smallest absolute Gasteiger partial charge is 0.222 e. The number of hydrogen-bond donors (Lipinski definition) is 0. The summed E-state index contributed by atoms with van der Waals surface area (Å²) in [5.41, 5.74) is 0. The highest BCUT2D eigenvalue weighted by Crippen LogP contribution is 2.12. The third-order valence-electron chi connectivity index (χ3n) is 2.87. The normalized spacial score (nSPS) is 19.4. The van der Waals surface area contributed by atoms with Crippen molar-refractivity contribution >= 4 is 5.91 Å². The fraction of sp³-hybridized carbons (Fsp3) is 0.909. The van der Waals surface area contributed by atoms with Gasteiger partial charge in [0, 0.05) is 26.1 Å². The third kappa shape index (κ3) is 3.29. The molecule has 0 aromatic carbocycles.